The largest absolute Gasteiger partial charge is 0.379 e. The second-order valence-corrected chi connectivity index (χ2v) is 7.87. The van der Waals surface area contributed by atoms with Gasteiger partial charge in [0.1, 0.15) is 10.6 Å². The minimum Gasteiger partial charge on any atom is -0.379 e. The number of carbonyl (C=O) groups is 1. The summed E-state index contributed by atoms with van der Waals surface area (Å²) in [7, 11) is -1.86. The molecule has 2 aromatic carbocycles. The first-order valence-corrected chi connectivity index (χ1v) is 9.69. The lowest BCUT2D eigenvalue weighted by Gasteiger charge is -2.28. The van der Waals surface area contributed by atoms with Gasteiger partial charge in [0.05, 0.1) is 0 Å². The van der Waals surface area contributed by atoms with Crippen LogP contribution in [0, 0.1) is 5.92 Å². The van der Waals surface area contributed by atoms with Crippen LogP contribution < -0.4 is 4.18 Å². The van der Waals surface area contributed by atoms with E-state index in [4.69, 9.17) is 4.18 Å². The van der Waals surface area contributed by atoms with Gasteiger partial charge in [-0.2, -0.15) is 8.42 Å². The van der Waals surface area contributed by atoms with Crippen LogP contribution in [0.15, 0.2) is 59.5 Å². The van der Waals surface area contributed by atoms with E-state index < -0.39 is 10.1 Å². The van der Waals surface area contributed by atoms with Crippen LogP contribution in [0.2, 0.25) is 0 Å². The van der Waals surface area contributed by atoms with E-state index in [2.05, 4.69) is 4.90 Å². The number of likely N-dealkylation sites (tertiary alicyclic amines) is 1. The smallest absolute Gasteiger partial charge is 0.339 e. The van der Waals surface area contributed by atoms with Crippen molar-refractivity contribution in [2.24, 2.45) is 5.92 Å². The SMILES string of the molecule is CN1CCC(C(=O)c2cccc(OS(=O)(=O)c3ccccc3)c2)CC1. The predicted octanol–water partition coefficient (Wildman–Crippen LogP) is 2.98. The first-order valence-electron chi connectivity index (χ1n) is 8.28. The molecule has 0 radical (unpaired) electrons. The van der Waals surface area contributed by atoms with Crippen LogP contribution >= 0.6 is 0 Å². The Bertz CT molecular complexity index is 841. The van der Waals surface area contributed by atoms with E-state index in [1.54, 1.807) is 36.4 Å². The van der Waals surface area contributed by atoms with E-state index >= 15 is 0 Å². The van der Waals surface area contributed by atoms with Crippen molar-refractivity contribution < 1.29 is 17.4 Å². The first-order chi connectivity index (χ1) is 12.0. The predicted molar refractivity (Wildman–Crippen MR) is 95.2 cm³/mol. The number of hydrogen-bond donors (Lipinski definition) is 0. The monoisotopic (exact) mass is 359 g/mol. The Hall–Kier alpha value is -2.18. The third kappa shape index (κ3) is 4.27. The number of ketones is 1. The molecule has 0 N–H and O–H groups in total. The van der Waals surface area contributed by atoms with E-state index in [0.29, 0.717) is 5.56 Å². The van der Waals surface area contributed by atoms with Gasteiger partial charge >= 0.3 is 10.1 Å². The molecule has 1 saturated heterocycles. The summed E-state index contributed by atoms with van der Waals surface area (Å²) in [5, 5.41) is 0. The quantitative estimate of drug-likeness (QED) is 0.607. The van der Waals surface area contributed by atoms with Crippen LogP contribution in [-0.2, 0) is 10.1 Å². The highest BCUT2D eigenvalue weighted by Gasteiger charge is 2.25. The van der Waals surface area contributed by atoms with E-state index in [1.165, 1.54) is 18.2 Å². The number of hydrogen-bond acceptors (Lipinski definition) is 5. The normalized spacial score (nSPS) is 16.5. The molecule has 0 spiro atoms. The van der Waals surface area contributed by atoms with Crippen molar-refractivity contribution in [3.05, 3.63) is 60.2 Å². The molecule has 1 aliphatic heterocycles. The second kappa shape index (κ2) is 7.37. The van der Waals surface area contributed by atoms with Gasteiger partial charge < -0.3 is 9.08 Å². The second-order valence-electron chi connectivity index (χ2n) is 6.32. The summed E-state index contributed by atoms with van der Waals surface area (Å²) in [6.45, 7) is 1.80. The van der Waals surface area contributed by atoms with Crippen LogP contribution in [-0.4, -0.2) is 39.2 Å². The zero-order valence-corrected chi connectivity index (χ0v) is 14.9. The van der Waals surface area contributed by atoms with Gasteiger partial charge in [0.2, 0.25) is 0 Å². The van der Waals surface area contributed by atoms with Gasteiger partial charge in [-0.3, -0.25) is 4.79 Å². The van der Waals surface area contributed by atoms with Crippen LogP contribution in [0.4, 0.5) is 0 Å². The van der Waals surface area contributed by atoms with Crippen molar-refractivity contribution in [3.63, 3.8) is 0 Å². The molecule has 0 bridgehead atoms. The minimum atomic E-state index is -3.91. The maximum Gasteiger partial charge on any atom is 0.339 e. The lowest BCUT2D eigenvalue weighted by atomic mass is 9.89. The summed E-state index contributed by atoms with van der Waals surface area (Å²) in [4.78, 5) is 15.0. The Labute approximate surface area is 148 Å². The standard InChI is InChI=1S/C19H21NO4S/c1-20-12-10-15(11-13-20)19(21)16-6-5-7-17(14-16)24-25(22,23)18-8-3-2-4-9-18/h2-9,14-15H,10-13H2,1H3. The van der Waals surface area contributed by atoms with Crippen LogP contribution in [0.5, 0.6) is 5.75 Å². The maximum absolute atomic E-state index is 12.7. The van der Waals surface area contributed by atoms with Gasteiger partial charge in [-0.25, -0.2) is 0 Å². The fourth-order valence-corrected chi connectivity index (χ4v) is 3.91. The van der Waals surface area contributed by atoms with Crippen LogP contribution in [0.1, 0.15) is 23.2 Å². The molecule has 5 nitrogen and oxygen atoms in total. The van der Waals surface area contributed by atoms with Gasteiger partial charge in [0.15, 0.2) is 5.78 Å². The highest BCUT2D eigenvalue weighted by Crippen LogP contribution is 2.25. The van der Waals surface area contributed by atoms with Gasteiger partial charge in [0, 0.05) is 11.5 Å². The molecule has 1 heterocycles. The number of piperidine rings is 1. The zero-order valence-electron chi connectivity index (χ0n) is 14.1. The molecule has 0 aromatic heterocycles. The molecule has 1 aliphatic rings. The van der Waals surface area contributed by atoms with Crippen molar-refractivity contribution >= 4 is 15.9 Å². The molecule has 0 amide bonds. The summed E-state index contributed by atoms with van der Waals surface area (Å²) in [5.74, 6) is 0.190. The van der Waals surface area contributed by atoms with Crippen molar-refractivity contribution in [1.82, 2.24) is 4.90 Å². The molecule has 132 valence electrons. The van der Waals surface area contributed by atoms with Crippen molar-refractivity contribution in [2.45, 2.75) is 17.7 Å². The third-order valence-electron chi connectivity index (χ3n) is 4.45. The summed E-state index contributed by atoms with van der Waals surface area (Å²) >= 11 is 0. The number of nitrogens with zero attached hydrogens (tertiary/aromatic N) is 1. The molecule has 0 unspecified atom stereocenters. The van der Waals surface area contributed by atoms with E-state index in [0.717, 1.165) is 25.9 Å². The lowest BCUT2D eigenvalue weighted by Crippen LogP contribution is -2.33. The maximum atomic E-state index is 12.7. The fraction of sp³-hybridized carbons (Fsp3) is 0.316. The Kier molecular flexibility index (Phi) is 5.20. The minimum absolute atomic E-state index is 0.0165. The average Bonchev–Trinajstić information content (AvgIpc) is 2.62. The summed E-state index contributed by atoms with van der Waals surface area (Å²) in [5.41, 5.74) is 0.496. The molecule has 0 aliphatic carbocycles. The average molecular weight is 359 g/mol. The summed E-state index contributed by atoms with van der Waals surface area (Å²) in [6.07, 6.45) is 1.64. The molecule has 0 atom stereocenters. The summed E-state index contributed by atoms with van der Waals surface area (Å²) in [6, 6.07) is 14.4. The van der Waals surface area contributed by atoms with Gasteiger partial charge in [0.25, 0.3) is 0 Å². The Morgan fingerprint density at radius 3 is 2.40 bits per heavy atom. The highest BCUT2D eigenvalue weighted by molar-refractivity contribution is 7.87. The topological polar surface area (TPSA) is 63.7 Å². The summed E-state index contributed by atoms with van der Waals surface area (Å²) < 4.78 is 29.8. The zero-order chi connectivity index (χ0) is 17.9. The Balaban J connectivity index is 1.77. The van der Waals surface area contributed by atoms with Crippen molar-refractivity contribution in [3.8, 4) is 5.75 Å². The molecule has 3 rings (SSSR count). The Morgan fingerprint density at radius 1 is 1.04 bits per heavy atom. The number of rotatable bonds is 5. The molecule has 2 aromatic rings. The van der Waals surface area contributed by atoms with Crippen molar-refractivity contribution in [1.29, 1.82) is 0 Å². The number of benzene rings is 2. The molecular formula is C19H21NO4S. The molecule has 25 heavy (non-hydrogen) atoms. The van der Waals surface area contributed by atoms with Crippen LogP contribution in [0.3, 0.4) is 0 Å². The fourth-order valence-electron chi connectivity index (χ4n) is 2.97. The molecular weight excluding hydrogens is 338 g/mol. The van der Waals surface area contributed by atoms with E-state index in [1.807, 2.05) is 7.05 Å². The van der Waals surface area contributed by atoms with Crippen LogP contribution in [0.25, 0.3) is 0 Å². The number of Topliss-reactive ketones (excluding diaryl/α,β-unsaturated/α-hetero) is 1. The highest BCUT2D eigenvalue weighted by atomic mass is 32.2. The van der Waals surface area contributed by atoms with Gasteiger partial charge in [-0.05, 0) is 57.2 Å². The molecule has 1 fully saturated rings. The first kappa shape index (κ1) is 17.6. The van der Waals surface area contributed by atoms with Crippen molar-refractivity contribution in [2.75, 3.05) is 20.1 Å². The Morgan fingerprint density at radius 2 is 1.72 bits per heavy atom. The van der Waals surface area contributed by atoms with E-state index in [9.17, 15) is 13.2 Å². The third-order valence-corrected chi connectivity index (χ3v) is 5.71. The number of carbonyl (C=O) groups excluding carboxylic acids is 1. The van der Waals surface area contributed by atoms with Gasteiger partial charge in [-0.15, -0.1) is 0 Å². The van der Waals surface area contributed by atoms with E-state index in [-0.39, 0.29) is 22.3 Å². The molecule has 6 heteroatoms. The molecule has 0 saturated carbocycles. The lowest BCUT2D eigenvalue weighted by molar-refractivity contribution is 0.0856. The van der Waals surface area contributed by atoms with Gasteiger partial charge in [-0.1, -0.05) is 30.3 Å².